The number of carbonyl (C=O) groups excluding carboxylic acids is 1. The molecular weight excluding hydrogens is 250 g/mol. The molecule has 5 heteroatoms. The summed E-state index contributed by atoms with van der Waals surface area (Å²) in [7, 11) is 0. The molecular formula is C13H23NO3S. The zero-order valence-electron chi connectivity index (χ0n) is 11.4. The molecule has 104 valence electrons. The monoisotopic (exact) mass is 273 g/mol. The lowest BCUT2D eigenvalue weighted by Gasteiger charge is -2.30. The minimum atomic E-state index is -0.732. The second-order valence-electron chi connectivity index (χ2n) is 5.25. The first-order valence-electron chi connectivity index (χ1n) is 6.54. The molecule has 0 bridgehead atoms. The average Bonchev–Trinajstić information content (AvgIpc) is 2.35. The molecule has 0 aromatic rings. The van der Waals surface area contributed by atoms with E-state index in [4.69, 9.17) is 5.11 Å². The fourth-order valence-electron chi connectivity index (χ4n) is 1.86. The third-order valence-corrected chi connectivity index (χ3v) is 5.09. The van der Waals surface area contributed by atoms with Gasteiger partial charge in [-0.1, -0.05) is 20.8 Å². The van der Waals surface area contributed by atoms with Gasteiger partial charge in [-0.15, -0.1) is 11.8 Å². The van der Waals surface area contributed by atoms with Gasteiger partial charge in [0.05, 0.1) is 11.7 Å². The lowest BCUT2D eigenvalue weighted by Crippen LogP contribution is -2.41. The van der Waals surface area contributed by atoms with Gasteiger partial charge in [0.1, 0.15) is 0 Å². The lowest BCUT2D eigenvalue weighted by molar-refractivity contribution is -0.145. The van der Waals surface area contributed by atoms with Crippen molar-refractivity contribution in [3.63, 3.8) is 0 Å². The van der Waals surface area contributed by atoms with Crippen LogP contribution in [-0.4, -0.2) is 46.0 Å². The molecule has 4 nitrogen and oxygen atoms in total. The minimum absolute atomic E-state index is 0.149. The van der Waals surface area contributed by atoms with Gasteiger partial charge in [0, 0.05) is 18.3 Å². The molecule has 0 aromatic heterocycles. The van der Waals surface area contributed by atoms with Crippen molar-refractivity contribution in [3.05, 3.63) is 0 Å². The van der Waals surface area contributed by atoms with Gasteiger partial charge in [0.2, 0.25) is 5.91 Å². The molecule has 1 unspecified atom stereocenters. The second-order valence-corrected chi connectivity index (χ2v) is 6.62. The van der Waals surface area contributed by atoms with Crippen LogP contribution in [0.1, 0.15) is 33.6 Å². The molecule has 1 N–H and O–H groups in total. The molecule has 0 radical (unpaired) electrons. The van der Waals surface area contributed by atoms with Gasteiger partial charge >= 0.3 is 5.97 Å². The largest absolute Gasteiger partial charge is 0.481 e. The zero-order chi connectivity index (χ0) is 13.7. The summed E-state index contributed by atoms with van der Waals surface area (Å²) in [4.78, 5) is 24.6. The highest BCUT2D eigenvalue weighted by atomic mass is 32.2. The number of nitrogens with zero attached hydrogens (tertiary/aromatic N) is 1. The van der Waals surface area contributed by atoms with Gasteiger partial charge in [-0.2, -0.15) is 0 Å². The van der Waals surface area contributed by atoms with Gasteiger partial charge in [-0.25, -0.2) is 0 Å². The number of hydrogen-bond acceptors (Lipinski definition) is 3. The number of aliphatic carboxylic acids is 1. The fourth-order valence-corrected chi connectivity index (χ4v) is 2.84. The second kappa shape index (κ2) is 7.02. The first kappa shape index (κ1) is 15.3. The summed E-state index contributed by atoms with van der Waals surface area (Å²) in [6.45, 7) is 7.62. The number of hydrogen-bond donors (Lipinski definition) is 1. The normalized spacial score (nSPS) is 19.0. The number of rotatable bonds is 5. The van der Waals surface area contributed by atoms with Crippen LogP contribution in [0.25, 0.3) is 0 Å². The highest BCUT2D eigenvalue weighted by Gasteiger charge is 2.27. The number of likely N-dealkylation sites (tertiary alicyclic amines) is 1. The van der Waals surface area contributed by atoms with Crippen LogP contribution in [-0.2, 0) is 9.59 Å². The van der Waals surface area contributed by atoms with E-state index in [0.717, 1.165) is 0 Å². The molecule has 18 heavy (non-hydrogen) atoms. The Morgan fingerprint density at radius 1 is 1.28 bits per heavy atom. The molecule has 1 aliphatic heterocycles. The van der Waals surface area contributed by atoms with Crippen molar-refractivity contribution < 1.29 is 14.7 Å². The summed E-state index contributed by atoms with van der Waals surface area (Å²) in [6, 6.07) is 0. The predicted molar refractivity (Wildman–Crippen MR) is 73.7 cm³/mol. The Labute approximate surface area is 113 Å². The van der Waals surface area contributed by atoms with Crippen molar-refractivity contribution in [2.75, 3.05) is 18.8 Å². The van der Waals surface area contributed by atoms with Crippen LogP contribution >= 0.6 is 11.8 Å². The van der Waals surface area contributed by atoms with Crippen LogP contribution in [0.3, 0.4) is 0 Å². The summed E-state index contributed by atoms with van der Waals surface area (Å²) in [6.07, 6.45) is 1.18. The molecule has 0 spiro atoms. The quantitative estimate of drug-likeness (QED) is 0.833. The van der Waals surface area contributed by atoms with Gasteiger partial charge in [0.25, 0.3) is 0 Å². The smallest absolute Gasteiger partial charge is 0.306 e. The van der Waals surface area contributed by atoms with Gasteiger partial charge < -0.3 is 10.0 Å². The van der Waals surface area contributed by atoms with Crippen LogP contribution in [0, 0.1) is 11.8 Å². The van der Waals surface area contributed by atoms with E-state index in [1.165, 1.54) is 0 Å². The highest BCUT2D eigenvalue weighted by Crippen LogP contribution is 2.21. The van der Waals surface area contributed by atoms with Gasteiger partial charge in [-0.3, -0.25) is 9.59 Å². The van der Waals surface area contributed by atoms with Crippen LogP contribution in [0.5, 0.6) is 0 Å². The fraction of sp³-hybridized carbons (Fsp3) is 0.846. The summed E-state index contributed by atoms with van der Waals surface area (Å²) in [5, 5.41) is 9.37. The van der Waals surface area contributed by atoms with Crippen molar-refractivity contribution >= 4 is 23.6 Å². The first-order valence-corrected chi connectivity index (χ1v) is 7.59. The first-order chi connectivity index (χ1) is 8.41. The molecule has 1 rings (SSSR count). The van der Waals surface area contributed by atoms with Crippen molar-refractivity contribution in [2.45, 2.75) is 38.9 Å². The zero-order valence-corrected chi connectivity index (χ0v) is 12.2. The molecule has 1 fully saturated rings. The Morgan fingerprint density at radius 3 is 2.28 bits per heavy atom. The molecule has 1 heterocycles. The number of piperidine rings is 1. The van der Waals surface area contributed by atoms with E-state index >= 15 is 0 Å². The Bertz CT molecular complexity index is 299. The maximum atomic E-state index is 12.0. The predicted octanol–water partition coefficient (Wildman–Crippen LogP) is 2.09. The van der Waals surface area contributed by atoms with E-state index in [2.05, 4.69) is 20.8 Å². The number of carboxylic acid groups (broad SMARTS) is 1. The summed E-state index contributed by atoms with van der Waals surface area (Å²) < 4.78 is 0. The number of carbonyl (C=O) groups is 2. The molecule has 1 aliphatic rings. The Morgan fingerprint density at radius 2 is 1.83 bits per heavy atom. The Balaban J connectivity index is 2.30. The van der Waals surface area contributed by atoms with Gasteiger partial charge in [0.15, 0.2) is 0 Å². The third kappa shape index (κ3) is 4.52. The molecule has 0 aromatic carbocycles. The van der Waals surface area contributed by atoms with E-state index < -0.39 is 5.97 Å². The van der Waals surface area contributed by atoms with E-state index in [1.54, 1.807) is 16.7 Å². The van der Waals surface area contributed by atoms with Gasteiger partial charge in [-0.05, 0) is 18.8 Å². The topological polar surface area (TPSA) is 57.6 Å². The van der Waals surface area contributed by atoms with Crippen molar-refractivity contribution in [1.29, 1.82) is 0 Å². The molecule has 1 atom stereocenters. The Hall–Kier alpha value is -0.710. The van der Waals surface area contributed by atoms with Crippen molar-refractivity contribution in [1.82, 2.24) is 4.90 Å². The molecule has 1 saturated heterocycles. The maximum Gasteiger partial charge on any atom is 0.306 e. The molecule has 0 saturated carbocycles. The summed E-state index contributed by atoms with van der Waals surface area (Å²) in [5.74, 6) is 0.231. The highest BCUT2D eigenvalue weighted by molar-refractivity contribution is 8.00. The standard InChI is InChI=1S/C13H23NO3S/c1-9(2)10(3)18-8-12(15)14-6-4-11(5-7-14)13(16)17/h9-11H,4-8H2,1-3H3,(H,16,17). The maximum absolute atomic E-state index is 12.0. The van der Waals surface area contributed by atoms with E-state index in [9.17, 15) is 9.59 Å². The van der Waals surface area contributed by atoms with Crippen LogP contribution in [0.2, 0.25) is 0 Å². The number of thioether (sulfide) groups is 1. The summed E-state index contributed by atoms with van der Waals surface area (Å²) >= 11 is 1.69. The van der Waals surface area contributed by atoms with Crippen LogP contribution in [0.4, 0.5) is 0 Å². The van der Waals surface area contributed by atoms with E-state index in [0.29, 0.717) is 42.9 Å². The third-order valence-electron chi connectivity index (χ3n) is 3.61. The van der Waals surface area contributed by atoms with E-state index in [-0.39, 0.29) is 11.8 Å². The minimum Gasteiger partial charge on any atom is -0.481 e. The van der Waals surface area contributed by atoms with Crippen molar-refractivity contribution in [3.8, 4) is 0 Å². The van der Waals surface area contributed by atoms with E-state index in [1.807, 2.05) is 0 Å². The van der Waals surface area contributed by atoms with Crippen LogP contribution in [0.15, 0.2) is 0 Å². The molecule has 0 aliphatic carbocycles. The van der Waals surface area contributed by atoms with Crippen molar-refractivity contribution in [2.24, 2.45) is 11.8 Å². The SMILES string of the molecule is CC(C)C(C)SCC(=O)N1CCC(C(=O)O)CC1. The number of amides is 1. The molecule has 1 amide bonds. The average molecular weight is 273 g/mol. The number of carboxylic acids is 1. The Kier molecular flexibility index (Phi) is 5.99. The lowest BCUT2D eigenvalue weighted by atomic mass is 9.97. The summed E-state index contributed by atoms with van der Waals surface area (Å²) in [5.41, 5.74) is 0. The van der Waals surface area contributed by atoms with Crippen LogP contribution < -0.4 is 0 Å².